The quantitative estimate of drug-likeness (QED) is 0.198. The summed E-state index contributed by atoms with van der Waals surface area (Å²) in [5.74, 6) is 1.28. The van der Waals surface area contributed by atoms with Crippen LogP contribution < -0.4 is 0 Å². The number of alkyl halides is 2. The summed E-state index contributed by atoms with van der Waals surface area (Å²) in [7, 11) is 0. The number of rotatable bonds is 6. The van der Waals surface area contributed by atoms with E-state index in [4.69, 9.17) is 25.9 Å². The number of benzene rings is 2. The van der Waals surface area contributed by atoms with Gasteiger partial charge in [0.05, 0.1) is 25.5 Å². The zero-order valence-corrected chi connectivity index (χ0v) is 23.1. The van der Waals surface area contributed by atoms with E-state index in [-0.39, 0.29) is 47.1 Å². The number of carbonyl (C=O) groups excluding carboxylic acids is 2. The smallest absolute Gasteiger partial charge is 0.217 e. The van der Waals surface area contributed by atoms with Crippen molar-refractivity contribution in [2.75, 3.05) is 0 Å². The van der Waals surface area contributed by atoms with Gasteiger partial charge in [0, 0.05) is 11.8 Å². The second-order valence-electron chi connectivity index (χ2n) is 10.8. The first-order chi connectivity index (χ1) is 20.1. The zero-order chi connectivity index (χ0) is 29.2. The van der Waals surface area contributed by atoms with Gasteiger partial charge in [-0.15, -0.1) is 33.4 Å². The molecule has 10 heteroatoms. The summed E-state index contributed by atoms with van der Waals surface area (Å²) >= 11 is 12.6. The standard InChI is InChI=1S/2C15H14ClN3O/c2*16-11-8-12(9-4-2-1-3-5-9)19-15(11)17-14(18-19)13(20)10-6-7-10/h2*1-5,10-12H,6-8H2/t2*11-,12-/m10/s1/i2*11D. The molecule has 2 fully saturated rings. The summed E-state index contributed by atoms with van der Waals surface area (Å²) in [4.78, 5) is 32.8. The number of hydrogen-bond acceptors (Lipinski definition) is 6. The number of ketones is 2. The van der Waals surface area contributed by atoms with Crippen LogP contribution in [0, 0.1) is 11.8 Å². The van der Waals surface area contributed by atoms with Gasteiger partial charge in [0.25, 0.3) is 0 Å². The van der Waals surface area contributed by atoms with E-state index < -0.39 is 10.7 Å². The van der Waals surface area contributed by atoms with Crippen LogP contribution in [0.4, 0.5) is 0 Å². The van der Waals surface area contributed by atoms with Crippen molar-refractivity contribution >= 4 is 34.8 Å². The van der Waals surface area contributed by atoms with Gasteiger partial charge >= 0.3 is 0 Å². The van der Waals surface area contributed by atoms with Gasteiger partial charge in [-0.25, -0.2) is 19.3 Å². The Labute approximate surface area is 244 Å². The highest BCUT2D eigenvalue weighted by Gasteiger charge is 2.40. The monoisotopic (exact) mass is 576 g/mol. The molecule has 0 amide bonds. The molecule has 2 aliphatic carbocycles. The van der Waals surface area contributed by atoms with Crippen molar-refractivity contribution in [3.05, 3.63) is 95.1 Å². The molecule has 2 aromatic carbocycles. The van der Waals surface area contributed by atoms with Crippen molar-refractivity contribution in [2.24, 2.45) is 11.8 Å². The Morgan fingerprint density at radius 1 is 0.675 bits per heavy atom. The molecule has 0 bridgehead atoms. The highest BCUT2D eigenvalue weighted by Crippen LogP contribution is 2.43. The lowest BCUT2D eigenvalue weighted by Gasteiger charge is -2.11. The second kappa shape index (κ2) is 10.2. The van der Waals surface area contributed by atoms with Crippen molar-refractivity contribution in [3.8, 4) is 0 Å². The molecule has 4 aliphatic rings. The minimum Gasteiger partial charge on any atom is -0.290 e. The van der Waals surface area contributed by atoms with Crippen molar-refractivity contribution in [2.45, 2.75) is 61.3 Å². The first-order valence-corrected chi connectivity index (χ1v) is 14.4. The Bertz CT molecular complexity index is 1540. The number of carbonyl (C=O) groups is 2. The molecule has 4 aromatic rings. The van der Waals surface area contributed by atoms with E-state index in [2.05, 4.69) is 20.2 Å². The third-order valence-corrected chi connectivity index (χ3v) is 8.44. The Morgan fingerprint density at radius 3 is 1.40 bits per heavy atom. The summed E-state index contributed by atoms with van der Waals surface area (Å²) in [6.07, 6.45) is 4.47. The van der Waals surface area contributed by atoms with E-state index in [0.717, 1.165) is 36.8 Å². The van der Waals surface area contributed by atoms with Gasteiger partial charge in [-0.1, -0.05) is 60.7 Å². The molecule has 4 heterocycles. The molecule has 4 atom stereocenters. The Kier molecular flexibility index (Phi) is 5.98. The Morgan fingerprint density at radius 2 is 1.05 bits per heavy atom. The first-order valence-electron chi connectivity index (χ1n) is 14.6. The normalized spacial score (nSPS) is 29.1. The Balaban J connectivity index is 0.000000137. The number of Topliss-reactive ketones (excluding diaryl/α,β-unsaturated/α-hetero) is 2. The first kappa shape index (κ1) is 23.4. The molecular formula is C30H28Cl2N6O2. The van der Waals surface area contributed by atoms with Gasteiger partial charge in [-0.05, 0) is 49.7 Å². The lowest BCUT2D eigenvalue weighted by molar-refractivity contribution is 0.0949. The SMILES string of the molecule is [2H][C@@]1(Cl)C[C@H](c2ccccc2)n2nc(C(=O)C3CC3)nc21.[2H][C@]1(Cl)C[C@@H](c2ccccc2)n2nc(C(=O)C3CC3)nc21. The van der Waals surface area contributed by atoms with Gasteiger partial charge in [-0.3, -0.25) is 9.59 Å². The predicted octanol–water partition coefficient (Wildman–Crippen LogP) is 6.29. The number of nitrogens with zero attached hydrogens (tertiary/aromatic N) is 6. The van der Waals surface area contributed by atoms with E-state index in [1.165, 1.54) is 0 Å². The van der Waals surface area contributed by atoms with E-state index in [1.54, 1.807) is 9.36 Å². The summed E-state index contributed by atoms with van der Waals surface area (Å²) in [6.45, 7) is 0. The van der Waals surface area contributed by atoms with Gasteiger partial charge in [0.1, 0.15) is 11.6 Å². The molecule has 8 rings (SSSR count). The van der Waals surface area contributed by atoms with Crippen molar-refractivity contribution in [3.63, 3.8) is 0 Å². The molecule has 2 saturated carbocycles. The maximum atomic E-state index is 12.1. The van der Waals surface area contributed by atoms with Gasteiger partial charge in [-0.2, -0.15) is 0 Å². The van der Waals surface area contributed by atoms with Crippen LogP contribution in [0.25, 0.3) is 0 Å². The molecule has 0 unspecified atom stereocenters. The van der Waals surface area contributed by atoms with Crippen LogP contribution in [-0.2, 0) is 0 Å². The van der Waals surface area contributed by atoms with Crippen molar-refractivity contribution < 1.29 is 12.3 Å². The van der Waals surface area contributed by atoms with Crippen LogP contribution >= 0.6 is 23.2 Å². The summed E-state index contributed by atoms with van der Waals surface area (Å²) in [6, 6.07) is 19.3. The zero-order valence-electron chi connectivity index (χ0n) is 23.6. The molecule has 8 nitrogen and oxygen atoms in total. The van der Waals surface area contributed by atoms with E-state index >= 15 is 0 Å². The van der Waals surface area contributed by atoms with Crippen molar-refractivity contribution in [1.82, 2.24) is 29.5 Å². The van der Waals surface area contributed by atoms with Crippen molar-refractivity contribution in [1.29, 1.82) is 0 Å². The fraction of sp³-hybridized carbons (Fsp3) is 0.400. The molecule has 204 valence electrons. The molecule has 40 heavy (non-hydrogen) atoms. The lowest BCUT2D eigenvalue weighted by Crippen LogP contribution is -2.10. The van der Waals surface area contributed by atoms with Gasteiger partial charge in [0.2, 0.25) is 23.2 Å². The highest BCUT2D eigenvalue weighted by atomic mass is 35.5. The summed E-state index contributed by atoms with van der Waals surface area (Å²) in [5, 5.41) is 6.07. The average molecular weight is 578 g/mol. The molecule has 0 radical (unpaired) electrons. The fourth-order valence-corrected chi connectivity index (χ4v) is 5.83. The number of fused-ring (bicyclic) bond motifs is 2. The summed E-state index contributed by atoms with van der Waals surface area (Å²) < 4.78 is 19.8. The van der Waals surface area contributed by atoms with Gasteiger partial charge < -0.3 is 0 Å². The van der Waals surface area contributed by atoms with Crippen LogP contribution in [0.2, 0.25) is 0 Å². The van der Waals surface area contributed by atoms with E-state index in [0.29, 0.717) is 24.5 Å². The second-order valence-corrected chi connectivity index (χ2v) is 11.7. The maximum Gasteiger partial charge on any atom is 0.217 e. The largest absolute Gasteiger partial charge is 0.290 e. The van der Waals surface area contributed by atoms with Crippen LogP contribution in [0.5, 0.6) is 0 Å². The minimum absolute atomic E-state index is 0.0174. The fourth-order valence-electron chi connectivity index (χ4n) is 5.28. The van der Waals surface area contributed by atoms with E-state index in [1.807, 2.05) is 60.7 Å². The minimum atomic E-state index is -1.32. The van der Waals surface area contributed by atoms with Crippen LogP contribution in [0.15, 0.2) is 60.7 Å². The third kappa shape index (κ3) is 4.77. The van der Waals surface area contributed by atoms with Gasteiger partial charge in [0.15, 0.2) is 0 Å². The number of hydrogen-bond donors (Lipinski definition) is 0. The molecule has 2 aromatic heterocycles. The third-order valence-electron chi connectivity index (χ3n) is 7.79. The molecule has 0 spiro atoms. The molecular weight excluding hydrogens is 547 g/mol. The van der Waals surface area contributed by atoms with Crippen LogP contribution in [0.3, 0.4) is 0 Å². The molecule has 0 N–H and O–H groups in total. The topological polar surface area (TPSA) is 95.6 Å². The average Bonchev–Trinajstić information content (AvgIpc) is 3.89. The highest BCUT2D eigenvalue weighted by molar-refractivity contribution is 6.21. The Hall–Kier alpha value is -3.36. The molecule has 2 aliphatic heterocycles. The number of aromatic nitrogens is 6. The maximum absolute atomic E-state index is 12.1. The van der Waals surface area contributed by atoms with Crippen LogP contribution in [0.1, 0.15) is 108 Å². The molecule has 0 saturated heterocycles. The van der Waals surface area contributed by atoms with Crippen LogP contribution in [-0.4, -0.2) is 41.1 Å². The number of halogens is 2. The lowest BCUT2D eigenvalue weighted by atomic mass is 10.1. The summed E-state index contributed by atoms with van der Waals surface area (Å²) in [5.41, 5.74) is 2.06. The predicted molar refractivity (Wildman–Crippen MR) is 150 cm³/mol. The van der Waals surface area contributed by atoms with E-state index in [9.17, 15) is 9.59 Å².